The molecule has 0 spiro atoms. The average Bonchev–Trinajstić information content (AvgIpc) is 3.27. The quantitative estimate of drug-likeness (QED) is 0.675. The molecule has 3 heterocycles. The van der Waals surface area contributed by atoms with Crippen molar-refractivity contribution in [2.45, 2.75) is 19.9 Å². The molecule has 0 bridgehead atoms. The molecule has 0 atom stereocenters. The molecule has 1 aromatic carbocycles. The third kappa shape index (κ3) is 3.15. The highest BCUT2D eigenvalue weighted by atomic mass is 32.2. The number of rotatable bonds is 4. The lowest BCUT2D eigenvalue weighted by atomic mass is 10.1. The first-order chi connectivity index (χ1) is 12.9. The Morgan fingerprint density at radius 3 is 2.70 bits per heavy atom. The smallest absolute Gasteiger partial charge is 0.279 e. The summed E-state index contributed by atoms with van der Waals surface area (Å²) < 4.78 is 46.1. The Kier molecular flexibility index (Phi) is 4.31. The summed E-state index contributed by atoms with van der Waals surface area (Å²) in [5, 5.41) is 8.41. The predicted octanol–water partition coefficient (Wildman–Crippen LogP) is 1.98. The summed E-state index contributed by atoms with van der Waals surface area (Å²) in [6, 6.07) is 5.77. The van der Waals surface area contributed by atoms with Gasteiger partial charge >= 0.3 is 0 Å². The first kappa shape index (κ1) is 17.8. The standard InChI is InChI=1S/C17H18FN5O3S/c1-3-27(24,25)23-9-8-14-13(10-23)15(20-22(14)2)17-19-16(21-26-17)11-4-6-12(18)7-5-11/h4-7H,3,8-10H2,1-2H3. The maximum atomic E-state index is 13.1. The Bertz CT molecular complexity index is 1090. The number of nitrogens with zero attached hydrogens (tertiary/aromatic N) is 5. The van der Waals surface area contributed by atoms with Crippen LogP contribution < -0.4 is 0 Å². The highest BCUT2D eigenvalue weighted by Crippen LogP contribution is 2.31. The molecule has 0 saturated carbocycles. The molecule has 0 fully saturated rings. The van der Waals surface area contributed by atoms with Crippen LogP contribution in [0.1, 0.15) is 18.2 Å². The number of hydrogen-bond acceptors (Lipinski definition) is 6. The number of aromatic nitrogens is 4. The first-order valence-electron chi connectivity index (χ1n) is 8.51. The zero-order valence-corrected chi connectivity index (χ0v) is 15.7. The van der Waals surface area contributed by atoms with Crippen molar-refractivity contribution in [1.82, 2.24) is 24.2 Å². The van der Waals surface area contributed by atoms with Gasteiger partial charge in [-0.15, -0.1) is 0 Å². The van der Waals surface area contributed by atoms with E-state index in [-0.39, 0.29) is 24.0 Å². The first-order valence-corrected chi connectivity index (χ1v) is 10.1. The number of hydrogen-bond donors (Lipinski definition) is 0. The molecular weight excluding hydrogens is 373 g/mol. The Balaban J connectivity index is 1.71. The van der Waals surface area contributed by atoms with Gasteiger partial charge < -0.3 is 4.52 Å². The van der Waals surface area contributed by atoms with Gasteiger partial charge in [0.05, 0.1) is 5.75 Å². The molecular formula is C17H18FN5O3S. The number of fused-ring (bicyclic) bond motifs is 1. The van der Waals surface area contributed by atoms with Crippen LogP contribution in [0.2, 0.25) is 0 Å². The molecule has 1 aliphatic rings. The fourth-order valence-electron chi connectivity index (χ4n) is 3.20. The molecule has 0 saturated heterocycles. The summed E-state index contributed by atoms with van der Waals surface area (Å²) in [5.41, 5.74) is 2.82. The Morgan fingerprint density at radius 2 is 2.00 bits per heavy atom. The summed E-state index contributed by atoms with van der Waals surface area (Å²) in [6.45, 7) is 2.28. The topological polar surface area (TPSA) is 94.1 Å². The van der Waals surface area contributed by atoms with Gasteiger partial charge in [-0.3, -0.25) is 4.68 Å². The molecule has 0 unspecified atom stereocenters. The molecule has 2 aromatic heterocycles. The van der Waals surface area contributed by atoms with E-state index in [9.17, 15) is 12.8 Å². The van der Waals surface area contributed by atoms with E-state index in [1.165, 1.54) is 16.4 Å². The van der Waals surface area contributed by atoms with E-state index >= 15 is 0 Å². The summed E-state index contributed by atoms with van der Waals surface area (Å²) in [7, 11) is -1.49. The van der Waals surface area contributed by atoms with Crippen molar-refractivity contribution in [2.24, 2.45) is 7.05 Å². The number of sulfonamides is 1. The van der Waals surface area contributed by atoms with Crippen molar-refractivity contribution in [3.05, 3.63) is 41.3 Å². The third-order valence-corrected chi connectivity index (χ3v) is 6.52. The SMILES string of the molecule is CCS(=O)(=O)N1CCc2c(c(-c3nc(-c4ccc(F)cc4)no3)nn2C)C1. The minimum Gasteiger partial charge on any atom is -0.332 e. The lowest BCUT2D eigenvalue weighted by Crippen LogP contribution is -2.37. The van der Waals surface area contributed by atoms with Gasteiger partial charge in [0.2, 0.25) is 15.8 Å². The molecule has 27 heavy (non-hydrogen) atoms. The second-order valence-electron chi connectivity index (χ2n) is 6.31. The van der Waals surface area contributed by atoms with Gasteiger partial charge in [-0.1, -0.05) is 5.16 Å². The highest BCUT2D eigenvalue weighted by Gasteiger charge is 2.31. The summed E-state index contributed by atoms with van der Waals surface area (Å²) in [4.78, 5) is 4.37. The van der Waals surface area contributed by atoms with Crippen LogP contribution in [-0.2, 0) is 30.0 Å². The molecule has 0 radical (unpaired) electrons. The van der Waals surface area contributed by atoms with Gasteiger partial charge in [0.1, 0.15) is 5.82 Å². The Hall–Kier alpha value is -2.59. The van der Waals surface area contributed by atoms with Gasteiger partial charge in [0, 0.05) is 43.4 Å². The van der Waals surface area contributed by atoms with E-state index < -0.39 is 10.0 Å². The highest BCUT2D eigenvalue weighted by molar-refractivity contribution is 7.89. The van der Waals surface area contributed by atoms with Gasteiger partial charge in [-0.05, 0) is 31.2 Å². The van der Waals surface area contributed by atoms with Crippen LogP contribution in [-0.4, -0.2) is 44.9 Å². The molecule has 0 amide bonds. The fourth-order valence-corrected chi connectivity index (χ4v) is 4.26. The van der Waals surface area contributed by atoms with E-state index in [2.05, 4.69) is 15.2 Å². The van der Waals surface area contributed by atoms with Crippen molar-refractivity contribution < 1.29 is 17.3 Å². The second kappa shape index (κ2) is 6.54. The van der Waals surface area contributed by atoms with Crippen LogP contribution in [0.4, 0.5) is 4.39 Å². The monoisotopic (exact) mass is 391 g/mol. The Labute approximate surface area is 155 Å². The zero-order chi connectivity index (χ0) is 19.2. The molecule has 3 aromatic rings. The third-order valence-electron chi connectivity index (χ3n) is 4.70. The average molecular weight is 391 g/mol. The van der Waals surface area contributed by atoms with Gasteiger partial charge in [-0.25, -0.2) is 12.8 Å². The predicted molar refractivity (Wildman–Crippen MR) is 95.5 cm³/mol. The number of halogens is 1. The van der Waals surface area contributed by atoms with E-state index in [1.807, 2.05) is 7.05 Å². The van der Waals surface area contributed by atoms with Crippen LogP contribution in [0, 0.1) is 5.82 Å². The molecule has 1 aliphatic heterocycles. The largest absolute Gasteiger partial charge is 0.332 e. The van der Waals surface area contributed by atoms with Crippen molar-refractivity contribution in [3.8, 4) is 23.0 Å². The minimum absolute atomic E-state index is 0.0488. The van der Waals surface area contributed by atoms with Crippen LogP contribution in [0.3, 0.4) is 0 Å². The molecule has 0 aliphatic carbocycles. The Morgan fingerprint density at radius 1 is 1.26 bits per heavy atom. The van der Waals surface area contributed by atoms with Gasteiger partial charge in [0.15, 0.2) is 5.69 Å². The second-order valence-corrected chi connectivity index (χ2v) is 8.57. The number of aryl methyl sites for hydroxylation is 1. The lowest BCUT2D eigenvalue weighted by Gasteiger charge is -2.26. The summed E-state index contributed by atoms with van der Waals surface area (Å²) >= 11 is 0. The van der Waals surface area contributed by atoms with Crippen LogP contribution in [0.25, 0.3) is 23.0 Å². The fraction of sp³-hybridized carbons (Fsp3) is 0.353. The van der Waals surface area contributed by atoms with E-state index in [0.29, 0.717) is 30.0 Å². The van der Waals surface area contributed by atoms with Crippen molar-refractivity contribution in [1.29, 1.82) is 0 Å². The zero-order valence-electron chi connectivity index (χ0n) is 14.9. The van der Waals surface area contributed by atoms with Crippen LogP contribution in [0.5, 0.6) is 0 Å². The summed E-state index contributed by atoms with van der Waals surface area (Å²) in [6.07, 6.45) is 0.566. The normalized spacial score (nSPS) is 15.1. The molecule has 142 valence electrons. The molecule has 10 heteroatoms. The maximum absolute atomic E-state index is 13.1. The van der Waals surface area contributed by atoms with E-state index in [4.69, 9.17) is 4.52 Å². The molecule has 4 rings (SSSR count). The van der Waals surface area contributed by atoms with Crippen LogP contribution in [0.15, 0.2) is 28.8 Å². The minimum atomic E-state index is -3.30. The van der Waals surface area contributed by atoms with E-state index in [0.717, 1.165) is 11.3 Å². The van der Waals surface area contributed by atoms with Crippen molar-refractivity contribution in [2.75, 3.05) is 12.3 Å². The van der Waals surface area contributed by atoms with Gasteiger partial charge in [0.25, 0.3) is 5.89 Å². The number of benzene rings is 1. The summed E-state index contributed by atoms with van der Waals surface area (Å²) in [5.74, 6) is 0.228. The molecule has 8 nitrogen and oxygen atoms in total. The van der Waals surface area contributed by atoms with Gasteiger partial charge in [-0.2, -0.15) is 14.4 Å². The van der Waals surface area contributed by atoms with E-state index in [1.54, 1.807) is 23.7 Å². The van der Waals surface area contributed by atoms with Crippen molar-refractivity contribution >= 4 is 10.0 Å². The molecule has 0 N–H and O–H groups in total. The lowest BCUT2D eigenvalue weighted by molar-refractivity contribution is 0.386. The van der Waals surface area contributed by atoms with Crippen LogP contribution >= 0.6 is 0 Å². The van der Waals surface area contributed by atoms with Crippen molar-refractivity contribution in [3.63, 3.8) is 0 Å². The maximum Gasteiger partial charge on any atom is 0.279 e.